The fraction of sp³-hybridized carbons (Fsp3) is 0.697. The Labute approximate surface area is 244 Å². The molecule has 0 aromatic rings. The quantitative estimate of drug-likeness (QED) is 0.223. The highest BCUT2D eigenvalue weighted by molar-refractivity contribution is 6.09. The van der Waals surface area contributed by atoms with Crippen LogP contribution >= 0.6 is 0 Å². The molecule has 1 aliphatic heterocycles. The van der Waals surface area contributed by atoms with Gasteiger partial charge in [0.2, 0.25) is 0 Å². The molecule has 224 valence electrons. The fourth-order valence-electron chi connectivity index (χ4n) is 11.7. The van der Waals surface area contributed by atoms with Gasteiger partial charge in [-0.25, -0.2) is 9.59 Å². The number of aliphatic hydroxyl groups excluding tert-OH is 2. The van der Waals surface area contributed by atoms with Crippen molar-refractivity contribution in [2.75, 3.05) is 20.3 Å². The summed E-state index contributed by atoms with van der Waals surface area (Å²) in [5.74, 6) is -1.61. The van der Waals surface area contributed by atoms with Crippen molar-refractivity contribution < 1.29 is 43.6 Å². The maximum Gasteiger partial charge on any atom is 0.337 e. The number of aliphatic hydroxyl groups is 2. The van der Waals surface area contributed by atoms with E-state index in [1.807, 2.05) is 6.92 Å². The molecule has 5 saturated carbocycles. The van der Waals surface area contributed by atoms with Crippen molar-refractivity contribution in [2.45, 2.75) is 65.1 Å². The van der Waals surface area contributed by atoms with Crippen LogP contribution in [0.3, 0.4) is 0 Å². The Morgan fingerprint density at radius 2 is 1.81 bits per heavy atom. The summed E-state index contributed by atoms with van der Waals surface area (Å²) in [5.41, 5.74) is 1.12. The molecular formula is C33H38O9. The van der Waals surface area contributed by atoms with Crippen LogP contribution in [0.4, 0.5) is 0 Å². The van der Waals surface area contributed by atoms with E-state index in [4.69, 9.17) is 14.2 Å². The van der Waals surface area contributed by atoms with E-state index in [0.717, 1.165) is 24.0 Å². The summed E-state index contributed by atoms with van der Waals surface area (Å²) in [7, 11) is 1.27. The van der Waals surface area contributed by atoms with E-state index in [-0.39, 0.29) is 57.7 Å². The number of ketones is 1. The topological polar surface area (TPSA) is 136 Å². The molecule has 1 spiro atoms. The molecule has 7 aliphatic carbocycles. The lowest BCUT2D eigenvalue weighted by atomic mass is 9.42. The number of methoxy groups -OCH3 is 1. The molecule has 2 N–H and O–H groups in total. The number of fused-ring (bicyclic) bond motifs is 7. The van der Waals surface area contributed by atoms with Crippen LogP contribution in [0.15, 0.2) is 33.4 Å². The first kappa shape index (κ1) is 26.8. The maximum absolute atomic E-state index is 14.3. The maximum atomic E-state index is 14.3. The van der Waals surface area contributed by atoms with Gasteiger partial charge >= 0.3 is 17.9 Å². The lowest BCUT2D eigenvalue weighted by Gasteiger charge is -2.63. The number of carbonyl (C=O) groups is 4. The van der Waals surface area contributed by atoms with E-state index in [0.29, 0.717) is 31.3 Å². The standard InChI is InChI=1S/C33H38O9/c1-12(29(38)40-5)24-26-25-16(14-6-20(14)32(25,4)28(37)27(24)36)8-23-31(3)19-7-15(19)18(11-41-13(2)35)21(31)9-22-17(10-34)30(39)42-33(22,23)26/h14-15,18-21,23,26,28,34,37H,6-11H2,1-5H3/b24-12-/t14-,15-,18?,19-,20-,21+,23+,26+,28+,31+,32+,33+/m1/s1. The van der Waals surface area contributed by atoms with E-state index in [1.54, 1.807) is 6.92 Å². The molecule has 0 aromatic carbocycles. The van der Waals surface area contributed by atoms with Crippen LogP contribution in [0.5, 0.6) is 0 Å². The zero-order chi connectivity index (χ0) is 29.8. The first-order valence-electron chi connectivity index (χ1n) is 15.3. The second-order valence-electron chi connectivity index (χ2n) is 14.6. The van der Waals surface area contributed by atoms with E-state index >= 15 is 0 Å². The molecule has 5 fully saturated rings. The van der Waals surface area contributed by atoms with Crippen molar-refractivity contribution in [3.63, 3.8) is 0 Å². The summed E-state index contributed by atoms with van der Waals surface area (Å²) in [5, 5.41) is 22.2. The average molecular weight is 579 g/mol. The Morgan fingerprint density at radius 1 is 1.07 bits per heavy atom. The van der Waals surface area contributed by atoms with Gasteiger partial charge in [-0.1, -0.05) is 19.4 Å². The predicted octanol–water partition coefficient (Wildman–Crippen LogP) is 2.45. The largest absolute Gasteiger partial charge is 0.466 e. The van der Waals surface area contributed by atoms with Crippen LogP contribution in [0, 0.1) is 58.2 Å². The number of rotatable bonds is 4. The second-order valence-corrected chi connectivity index (χ2v) is 14.6. The summed E-state index contributed by atoms with van der Waals surface area (Å²) >= 11 is 0. The lowest BCUT2D eigenvalue weighted by Crippen LogP contribution is -2.66. The number of hydrogen-bond donors (Lipinski definition) is 2. The highest BCUT2D eigenvalue weighted by Crippen LogP contribution is 2.82. The van der Waals surface area contributed by atoms with Crippen molar-refractivity contribution >= 4 is 23.7 Å². The summed E-state index contributed by atoms with van der Waals surface area (Å²) < 4.78 is 17.3. The van der Waals surface area contributed by atoms with Gasteiger partial charge in [0.05, 0.1) is 31.8 Å². The van der Waals surface area contributed by atoms with Crippen molar-refractivity contribution in [3.05, 3.63) is 33.4 Å². The molecule has 0 bridgehead atoms. The molecule has 8 aliphatic rings. The molecule has 1 unspecified atom stereocenters. The molecule has 0 saturated heterocycles. The smallest absolute Gasteiger partial charge is 0.337 e. The van der Waals surface area contributed by atoms with Gasteiger partial charge in [0.15, 0.2) is 5.78 Å². The van der Waals surface area contributed by atoms with E-state index in [2.05, 4.69) is 6.92 Å². The van der Waals surface area contributed by atoms with E-state index < -0.39 is 47.4 Å². The van der Waals surface area contributed by atoms with Crippen LogP contribution in [-0.2, 0) is 33.4 Å². The normalized spacial score (nSPS) is 49.7. The fourth-order valence-corrected chi connectivity index (χ4v) is 11.7. The van der Waals surface area contributed by atoms with Crippen molar-refractivity contribution in [1.29, 1.82) is 0 Å². The Morgan fingerprint density at radius 3 is 2.48 bits per heavy atom. The zero-order valence-electron chi connectivity index (χ0n) is 24.7. The van der Waals surface area contributed by atoms with E-state index in [1.165, 1.54) is 19.6 Å². The van der Waals surface area contributed by atoms with Gasteiger partial charge in [-0.15, -0.1) is 0 Å². The van der Waals surface area contributed by atoms with Gasteiger partial charge in [0, 0.05) is 29.4 Å². The summed E-state index contributed by atoms with van der Waals surface area (Å²) in [6.45, 7) is 7.09. The number of Topliss-reactive ketones (excluding diaryl/α,β-unsaturated/α-hetero) is 1. The monoisotopic (exact) mass is 578 g/mol. The Balaban J connectivity index is 1.40. The first-order valence-corrected chi connectivity index (χ1v) is 15.3. The number of ether oxygens (including phenoxy) is 3. The van der Waals surface area contributed by atoms with Crippen molar-refractivity contribution in [3.8, 4) is 0 Å². The lowest BCUT2D eigenvalue weighted by molar-refractivity contribution is -0.179. The van der Waals surface area contributed by atoms with Gasteiger partial charge < -0.3 is 24.4 Å². The average Bonchev–Trinajstić information content (AvgIpc) is 3.86. The third-order valence-electron chi connectivity index (χ3n) is 13.5. The SMILES string of the molecule is COC(=O)/C(C)=C1\C(=O)[C@H](O)[C@]2(C)C3=C(C[C@@H]4[C@]5(OC(=O)C(CO)=C5C[C@H]5C(COC(C)=O)[C@H]6C[C@H]6[C@]45C)[C@H]31)[C@H]1C[C@H]12. The summed E-state index contributed by atoms with van der Waals surface area (Å²) in [6, 6.07) is 0. The summed E-state index contributed by atoms with van der Waals surface area (Å²) in [6.07, 6.45) is 1.78. The minimum absolute atomic E-state index is 0.105. The highest BCUT2D eigenvalue weighted by Gasteiger charge is 2.81. The van der Waals surface area contributed by atoms with Gasteiger partial charge in [0.25, 0.3) is 0 Å². The number of allylic oxidation sites excluding steroid dienone is 1. The number of carbonyl (C=O) groups excluding carboxylic acids is 4. The Bertz CT molecular complexity index is 1500. The molecule has 9 nitrogen and oxygen atoms in total. The second kappa shape index (κ2) is 8.03. The Hall–Kier alpha value is -2.78. The molecule has 0 amide bonds. The third-order valence-corrected chi connectivity index (χ3v) is 13.5. The molecule has 8 rings (SSSR count). The molecule has 42 heavy (non-hydrogen) atoms. The van der Waals surface area contributed by atoms with Crippen LogP contribution in [0.2, 0.25) is 0 Å². The minimum Gasteiger partial charge on any atom is -0.466 e. The molecule has 9 heteroatoms. The minimum atomic E-state index is -1.31. The van der Waals surface area contributed by atoms with Crippen LogP contribution in [0.25, 0.3) is 0 Å². The zero-order valence-corrected chi connectivity index (χ0v) is 24.7. The predicted molar refractivity (Wildman–Crippen MR) is 145 cm³/mol. The summed E-state index contributed by atoms with van der Waals surface area (Å²) in [4.78, 5) is 52.8. The molecule has 0 aromatic heterocycles. The number of hydrogen-bond acceptors (Lipinski definition) is 9. The third kappa shape index (κ3) is 2.75. The van der Waals surface area contributed by atoms with Gasteiger partial charge in [-0.3, -0.25) is 9.59 Å². The molecule has 12 atom stereocenters. The Kier molecular flexibility index (Phi) is 5.13. The number of esters is 3. The van der Waals surface area contributed by atoms with Crippen LogP contribution in [0.1, 0.15) is 53.4 Å². The molecule has 0 radical (unpaired) electrons. The van der Waals surface area contributed by atoms with Gasteiger partial charge in [-0.05, 0) is 84.7 Å². The highest BCUT2D eigenvalue weighted by atomic mass is 16.6. The first-order chi connectivity index (χ1) is 19.9. The molecule has 1 heterocycles. The van der Waals surface area contributed by atoms with Crippen molar-refractivity contribution in [2.24, 2.45) is 58.2 Å². The van der Waals surface area contributed by atoms with Crippen LogP contribution in [-0.4, -0.2) is 65.9 Å². The molecular weight excluding hydrogens is 540 g/mol. The van der Waals surface area contributed by atoms with Gasteiger partial charge in [0.1, 0.15) is 11.7 Å². The van der Waals surface area contributed by atoms with E-state index in [9.17, 15) is 29.4 Å². The van der Waals surface area contributed by atoms with Crippen molar-refractivity contribution in [1.82, 2.24) is 0 Å². The van der Waals surface area contributed by atoms with Gasteiger partial charge in [-0.2, -0.15) is 0 Å². The van der Waals surface area contributed by atoms with Crippen LogP contribution < -0.4 is 0 Å².